The maximum absolute atomic E-state index is 13.4. The first-order chi connectivity index (χ1) is 15.3. The molecule has 2 aromatic carbocycles. The minimum atomic E-state index is -0.249. The zero-order chi connectivity index (χ0) is 22.8. The lowest BCUT2D eigenvalue weighted by Crippen LogP contribution is -2.43. The number of likely N-dealkylation sites (tertiary alicyclic amines) is 1. The number of nitrogens with two attached hydrogens (primary N) is 1. The molecule has 2 N–H and O–H groups in total. The molecule has 7 heteroatoms. The van der Waals surface area contributed by atoms with E-state index in [4.69, 9.17) is 22.4 Å². The number of nitrogens with zero attached hydrogens (tertiary/aromatic N) is 3. The maximum Gasteiger partial charge on any atom is 0.257 e. The average Bonchev–Trinajstić information content (AvgIpc) is 3.22. The number of primary amides is 1. The van der Waals surface area contributed by atoms with Crippen LogP contribution in [0.2, 0.25) is 5.02 Å². The van der Waals surface area contributed by atoms with Gasteiger partial charge in [0.15, 0.2) is 0 Å². The third kappa shape index (κ3) is 4.87. The van der Waals surface area contributed by atoms with Crippen molar-refractivity contribution in [3.8, 4) is 0 Å². The van der Waals surface area contributed by atoms with Crippen molar-refractivity contribution in [1.29, 1.82) is 0 Å². The van der Waals surface area contributed by atoms with E-state index in [1.165, 1.54) is 5.56 Å². The summed E-state index contributed by atoms with van der Waals surface area (Å²) in [4.78, 5) is 26.9. The first-order valence-electron chi connectivity index (χ1n) is 11.1. The molecule has 0 saturated carbocycles. The maximum atomic E-state index is 13.4. The fourth-order valence-corrected chi connectivity index (χ4v) is 4.66. The molecule has 2 aliphatic heterocycles. The number of hydrazone groups is 1. The van der Waals surface area contributed by atoms with E-state index in [0.29, 0.717) is 37.4 Å². The standard InChI is InChI=1S/C25H29ClN4O2/c1-16-3-4-17(2)21(13-16)22-14-23(18-5-7-20(26)8-6-18)30(28-22)24(31)15-29-11-9-19(10-12-29)25(27)32/h3-8,13,19,23H,9-12,14-15H2,1-2H3,(H2,27,32). The third-order valence-corrected chi connectivity index (χ3v) is 6.73. The predicted molar refractivity (Wildman–Crippen MR) is 126 cm³/mol. The Bertz CT molecular complexity index is 1040. The smallest absolute Gasteiger partial charge is 0.257 e. The molecule has 32 heavy (non-hydrogen) atoms. The van der Waals surface area contributed by atoms with Gasteiger partial charge < -0.3 is 5.73 Å². The highest BCUT2D eigenvalue weighted by Gasteiger charge is 2.35. The Labute approximate surface area is 194 Å². The van der Waals surface area contributed by atoms with Crippen LogP contribution in [0.15, 0.2) is 47.6 Å². The largest absolute Gasteiger partial charge is 0.369 e. The second-order valence-corrected chi connectivity index (χ2v) is 9.26. The monoisotopic (exact) mass is 452 g/mol. The second-order valence-electron chi connectivity index (χ2n) is 8.83. The quantitative estimate of drug-likeness (QED) is 0.748. The molecular formula is C25H29ClN4O2. The van der Waals surface area contributed by atoms with Crippen LogP contribution in [0, 0.1) is 19.8 Å². The van der Waals surface area contributed by atoms with Crippen LogP contribution in [-0.4, -0.2) is 47.1 Å². The Hall–Kier alpha value is -2.70. The fraction of sp³-hybridized carbons (Fsp3) is 0.400. The van der Waals surface area contributed by atoms with E-state index < -0.39 is 0 Å². The highest BCUT2D eigenvalue weighted by Crippen LogP contribution is 2.34. The molecule has 2 aromatic rings. The van der Waals surface area contributed by atoms with Crippen molar-refractivity contribution in [2.75, 3.05) is 19.6 Å². The van der Waals surface area contributed by atoms with Crippen LogP contribution in [0.4, 0.5) is 0 Å². The Morgan fingerprint density at radius 2 is 1.78 bits per heavy atom. The number of piperidine rings is 1. The molecule has 1 atom stereocenters. The number of aryl methyl sites for hydroxylation is 2. The van der Waals surface area contributed by atoms with Gasteiger partial charge in [0, 0.05) is 22.9 Å². The molecule has 1 fully saturated rings. The highest BCUT2D eigenvalue weighted by atomic mass is 35.5. The molecule has 6 nitrogen and oxygen atoms in total. The van der Waals surface area contributed by atoms with Gasteiger partial charge in [-0.2, -0.15) is 5.10 Å². The van der Waals surface area contributed by atoms with E-state index in [0.717, 1.165) is 22.4 Å². The Balaban J connectivity index is 1.57. The summed E-state index contributed by atoms with van der Waals surface area (Å²) in [7, 11) is 0. The summed E-state index contributed by atoms with van der Waals surface area (Å²) in [6.07, 6.45) is 2.04. The molecule has 1 unspecified atom stereocenters. The predicted octanol–water partition coefficient (Wildman–Crippen LogP) is 3.83. The molecule has 168 valence electrons. The van der Waals surface area contributed by atoms with Crippen molar-refractivity contribution in [3.05, 3.63) is 69.7 Å². The van der Waals surface area contributed by atoms with Gasteiger partial charge in [-0.1, -0.05) is 41.4 Å². The lowest BCUT2D eigenvalue weighted by atomic mass is 9.95. The zero-order valence-electron chi connectivity index (χ0n) is 18.6. The molecule has 1 saturated heterocycles. The van der Waals surface area contributed by atoms with Gasteiger partial charge in [0.1, 0.15) is 0 Å². The topological polar surface area (TPSA) is 79.0 Å². The van der Waals surface area contributed by atoms with Gasteiger partial charge in [-0.3, -0.25) is 14.5 Å². The summed E-state index contributed by atoms with van der Waals surface area (Å²) in [5, 5.41) is 7.12. The first kappa shape index (κ1) is 22.5. The molecule has 4 rings (SSSR count). The van der Waals surface area contributed by atoms with E-state index in [1.54, 1.807) is 5.01 Å². The minimum Gasteiger partial charge on any atom is -0.369 e. The fourth-order valence-electron chi connectivity index (χ4n) is 4.53. The van der Waals surface area contributed by atoms with Crippen LogP contribution >= 0.6 is 11.6 Å². The number of rotatable bonds is 5. The van der Waals surface area contributed by atoms with Crippen molar-refractivity contribution in [2.24, 2.45) is 16.8 Å². The molecule has 0 aliphatic carbocycles. The van der Waals surface area contributed by atoms with E-state index in [2.05, 4.69) is 36.9 Å². The lowest BCUT2D eigenvalue weighted by Gasteiger charge is -2.31. The second kappa shape index (κ2) is 9.43. The van der Waals surface area contributed by atoms with Gasteiger partial charge in [0.2, 0.25) is 5.91 Å². The van der Waals surface area contributed by atoms with Crippen molar-refractivity contribution < 1.29 is 9.59 Å². The number of benzene rings is 2. The summed E-state index contributed by atoms with van der Waals surface area (Å²) in [6.45, 7) is 5.79. The van der Waals surface area contributed by atoms with E-state index >= 15 is 0 Å². The SMILES string of the molecule is Cc1ccc(C)c(C2=NN(C(=O)CN3CCC(C(N)=O)CC3)C(c3ccc(Cl)cc3)C2)c1. The normalized spacial score (nSPS) is 19.8. The zero-order valence-corrected chi connectivity index (χ0v) is 19.3. The van der Waals surface area contributed by atoms with Crippen LogP contribution in [-0.2, 0) is 9.59 Å². The molecule has 0 aromatic heterocycles. The number of carbonyl (C=O) groups is 2. The summed E-state index contributed by atoms with van der Waals surface area (Å²) in [5.41, 5.74) is 10.8. The first-order valence-corrected chi connectivity index (χ1v) is 11.4. The number of hydrogen-bond acceptors (Lipinski definition) is 4. The van der Waals surface area contributed by atoms with Gasteiger partial charge >= 0.3 is 0 Å². The summed E-state index contributed by atoms with van der Waals surface area (Å²) in [5.74, 6) is -0.382. The number of amides is 2. The van der Waals surface area contributed by atoms with Gasteiger partial charge in [-0.25, -0.2) is 5.01 Å². The molecular weight excluding hydrogens is 424 g/mol. The lowest BCUT2D eigenvalue weighted by molar-refractivity contribution is -0.134. The molecule has 2 amide bonds. The summed E-state index contributed by atoms with van der Waals surface area (Å²) < 4.78 is 0. The van der Waals surface area contributed by atoms with Crippen LogP contribution in [0.3, 0.4) is 0 Å². The van der Waals surface area contributed by atoms with Crippen LogP contribution in [0.25, 0.3) is 0 Å². The molecule has 0 radical (unpaired) electrons. The van der Waals surface area contributed by atoms with Gasteiger partial charge in [-0.05, 0) is 69.1 Å². The van der Waals surface area contributed by atoms with Gasteiger partial charge in [0.25, 0.3) is 5.91 Å². The van der Waals surface area contributed by atoms with Crippen molar-refractivity contribution in [2.45, 2.75) is 39.2 Å². The summed E-state index contributed by atoms with van der Waals surface area (Å²) in [6, 6.07) is 13.8. The van der Waals surface area contributed by atoms with Gasteiger partial charge in [-0.15, -0.1) is 0 Å². The van der Waals surface area contributed by atoms with Crippen LogP contribution in [0.1, 0.15) is 47.6 Å². The van der Waals surface area contributed by atoms with Gasteiger partial charge in [0.05, 0.1) is 18.3 Å². The number of hydrogen-bond donors (Lipinski definition) is 1. The van der Waals surface area contributed by atoms with Crippen LogP contribution < -0.4 is 5.73 Å². The van der Waals surface area contributed by atoms with Crippen molar-refractivity contribution >= 4 is 29.1 Å². The molecule has 2 aliphatic rings. The van der Waals surface area contributed by atoms with E-state index in [-0.39, 0.29) is 30.3 Å². The van der Waals surface area contributed by atoms with Crippen molar-refractivity contribution in [1.82, 2.24) is 9.91 Å². The number of halogens is 1. The average molecular weight is 453 g/mol. The van der Waals surface area contributed by atoms with Crippen LogP contribution in [0.5, 0.6) is 0 Å². The van der Waals surface area contributed by atoms with Crippen molar-refractivity contribution in [3.63, 3.8) is 0 Å². The number of carbonyl (C=O) groups excluding carboxylic acids is 2. The minimum absolute atomic E-state index is 0.0391. The summed E-state index contributed by atoms with van der Waals surface area (Å²) >= 11 is 6.09. The molecule has 0 bridgehead atoms. The Morgan fingerprint density at radius 1 is 1.09 bits per heavy atom. The Kier molecular flexibility index (Phi) is 6.63. The molecule has 0 spiro atoms. The highest BCUT2D eigenvalue weighted by molar-refractivity contribution is 6.30. The Morgan fingerprint density at radius 3 is 2.44 bits per heavy atom. The molecule has 2 heterocycles. The van der Waals surface area contributed by atoms with E-state index in [9.17, 15) is 9.59 Å². The third-order valence-electron chi connectivity index (χ3n) is 6.47. The van der Waals surface area contributed by atoms with E-state index in [1.807, 2.05) is 24.3 Å².